The van der Waals surface area contributed by atoms with E-state index in [-0.39, 0.29) is 0 Å². The summed E-state index contributed by atoms with van der Waals surface area (Å²) in [5, 5.41) is 5.45. The van der Waals surface area contributed by atoms with Gasteiger partial charge >= 0.3 is 11.8 Å². The Labute approximate surface area is 135 Å². The van der Waals surface area contributed by atoms with E-state index in [0.29, 0.717) is 29.5 Å². The van der Waals surface area contributed by atoms with Crippen molar-refractivity contribution in [2.75, 3.05) is 38.6 Å². The van der Waals surface area contributed by atoms with Gasteiger partial charge in [-0.15, -0.1) is 0 Å². The summed E-state index contributed by atoms with van der Waals surface area (Å²) in [7, 11) is 1.50. The molecule has 0 bridgehead atoms. The maximum atomic E-state index is 11.8. The Morgan fingerprint density at radius 1 is 1.23 bits per heavy atom. The molecule has 122 valence electrons. The molecule has 1 aromatic carbocycles. The minimum absolute atomic E-state index is 0.363. The summed E-state index contributed by atoms with van der Waals surface area (Å²) in [6.45, 7) is 7.04. The van der Waals surface area contributed by atoms with Gasteiger partial charge in [0.25, 0.3) is 0 Å². The SMILES string of the molecule is CCN(CC)CCNC(=O)C(=O)Nc1ccc(OC)c(Cl)c1. The van der Waals surface area contributed by atoms with E-state index < -0.39 is 11.8 Å². The fourth-order valence-electron chi connectivity index (χ4n) is 1.88. The summed E-state index contributed by atoms with van der Waals surface area (Å²) >= 11 is 5.96. The number of amides is 2. The van der Waals surface area contributed by atoms with Gasteiger partial charge in [-0.05, 0) is 31.3 Å². The molecule has 0 heterocycles. The number of benzene rings is 1. The van der Waals surface area contributed by atoms with E-state index in [4.69, 9.17) is 16.3 Å². The standard InChI is InChI=1S/C15H22ClN3O3/c1-4-19(5-2)9-8-17-14(20)15(21)18-11-6-7-13(22-3)12(16)10-11/h6-7,10H,4-5,8-9H2,1-3H3,(H,17,20)(H,18,21). The topological polar surface area (TPSA) is 70.7 Å². The van der Waals surface area contributed by atoms with E-state index in [1.807, 2.05) is 13.8 Å². The highest BCUT2D eigenvalue weighted by Crippen LogP contribution is 2.27. The van der Waals surface area contributed by atoms with Crippen molar-refractivity contribution in [3.05, 3.63) is 23.2 Å². The van der Waals surface area contributed by atoms with Crippen molar-refractivity contribution in [1.29, 1.82) is 0 Å². The fraction of sp³-hybridized carbons (Fsp3) is 0.467. The van der Waals surface area contributed by atoms with Crippen LogP contribution in [0.25, 0.3) is 0 Å². The molecule has 0 radical (unpaired) electrons. The minimum Gasteiger partial charge on any atom is -0.495 e. The van der Waals surface area contributed by atoms with Gasteiger partial charge in [0.1, 0.15) is 5.75 Å². The van der Waals surface area contributed by atoms with Gasteiger partial charge in [-0.3, -0.25) is 9.59 Å². The zero-order valence-electron chi connectivity index (χ0n) is 13.1. The predicted octanol–water partition coefficient (Wildman–Crippen LogP) is 1.75. The summed E-state index contributed by atoms with van der Waals surface area (Å²) in [6, 6.07) is 4.77. The molecule has 0 aliphatic carbocycles. The maximum absolute atomic E-state index is 11.8. The van der Waals surface area contributed by atoms with E-state index in [0.717, 1.165) is 13.1 Å². The average Bonchev–Trinajstić information content (AvgIpc) is 2.51. The van der Waals surface area contributed by atoms with Crippen LogP contribution in [-0.4, -0.2) is 50.0 Å². The molecule has 1 rings (SSSR count). The van der Waals surface area contributed by atoms with Gasteiger partial charge in [-0.2, -0.15) is 0 Å². The van der Waals surface area contributed by atoms with Gasteiger partial charge in [-0.25, -0.2) is 0 Å². The van der Waals surface area contributed by atoms with Crippen molar-refractivity contribution in [2.45, 2.75) is 13.8 Å². The van der Waals surface area contributed by atoms with Crippen molar-refractivity contribution in [1.82, 2.24) is 10.2 Å². The molecule has 0 saturated carbocycles. The molecule has 22 heavy (non-hydrogen) atoms. The average molecular weight is 328 g/mol. The molecule has 0 aromatic heterocycles. The first-order valence-electron chi connectivity index (χ1n) is 7.16. The second kappa shape index (κ2) is 9.27. The molecule has 0 atom stereocenters. The van der Waals surface area contributed by atoms with Crippen LogP contribution in [0.4, 0.5) is 5.69 Å². The fourth-order valence-corrected chi connectivity index (χ4v) is 2.14. The Hall–Kier alpha value is -1.79. The summed E-state index contributed by atoms with van der Waals surface area (Å²) in [6.07, 6.45) is 0. The number of anilines is 1. The third-order valence-corrected chi connectivity index (χ3v) is 3.52. The van der Waals surface area contributed by atoms with Crippen LogP contribution in [0.3, 0.4) is 0 Å². The smallest absolute Gasteiger partial charge is 0.313 e. The van der Waals surface area contributed by atoms with Crippen molar-refractivity contribution in [2.24, 2.45) is 0 Å². The first-order valence-corrected chi connectivity index (χ1v) is 7.54. The molecule has 0 aliphatic heterocycles. The minimum atomic E-state index is -0.721. The van der Waals surface area contributed by atoms with E-state index >= 15 is 0 Å². The maximum Gasteiger partial charge on any atom is 0.313 e. The lowest BCUT2D eigenvalue weighted by Crippen LogP contribution is -2.40. The van der Waals surface area contributed by atoms with Crippen molar-refractivity contribution >= 4 is 29.1 Å². The number of halogens is 1. The third kappa shape index (κ3) is 5.54. The lowest BCUT2D eigenvalue weighted by atomic mass is 10.3. The van der Waals surface area contributed by atoms with Crippen LogP contribution >= 0.6 is 11.6 Å². The number of nitrogens with one attached hydrogen (secondary N) is 2. The first-order chi connectivity index (χ1) is 10.5. The van der Waals surface area contributed by atoms with E-state index in [1.54, 1.807) is 12.1 Å². The summed E-state index contributed by atoms with van der Waals surface area (Å²) < 4.78 is 5.02. The largest absolute Gasteiger partial charge is 0.495 e. The highest BCUT2D eigenvalue weighted by molar-refractivity contribution is 6.40. The van der Waals surface area contributed by atoms with Crippen LogP contribution in [0.1, 0.15) is 13.8 Å². The molecule has 0 saturated heterocycles. The number of nitrogens with zero attached hydrogens (tertiary/aromatic N) is 1. The number of hydrogen-bond donors (Lipinski definition) is 2. The van der Waals surface area contributed by atoms with Crippen LogP contribution in [0.2, 0.25) is 5.02 Å². The van der Waals surface area contributed by atoms with Crippen molar-refractivity contribution in [3.63, 3.8) is 0 Å². The summed E-state index contributed by atoms with van der Waals surface area (Å²) in [4.78, 5) is 25.7. The Morgan fingerprint density at radius 2 is 1.91 bits per heavy atom. The van der Waals surface area contributed by atoms with Gasteiger partial charge in [0.2, 0.25) is 0 Å². The molecule has 2 N–H and O–H groups in total. The van der Waals surface area contributed by atoms with Gasteiger partial charge < -0.3 is 20.3 Å². The molecule has 0 spiro atoms. The molecule has 1 aromatic rings. The Kier molecular flexibility index (Phi) is 7.70. The third-order valence-electron chi connectivity index (χ3n) is 3.22. The van der Waals surface area contributed by atoms with Gasteiger partial charge in [0.15, 0.2) is 0 Å². The second-order valence-electron chi connectivity index (χ2n) is 4.59. The van der Waals surface area contributed by atoms with Crippen molar-refractivity contribution in [3.8, 4) is 5.75 Å². The lowest BCUT2D eigenvalue weighted by Gasteiger charge is -2.17. The number of hydrogen-bond acceptors (Lipinski definition) is 4. The molecule has 2 amide bonds. The number of ether oxygens (including phenoxy) is 1. The predicted molar refractivity (Wildman–Crippen MR) is 87.4 cm³/mol. The molecule has 0 aliphatic rings. The zero-order chi connectivity index (χ0) is 16.5. The number of carbonyl (C=O) groups excluding carboxylic acids is 2. The Bertz CT molecular complexity index is 519. The zero-order valence-corrected chi connectivity index (χ0v) is 13.9. The Morgan fingerprint density at radius 3 is 2.45 bits per heavy atom. The lowest BCUT2D eigenvalue weighted by molar-refractivity contribution is -0.136. The highest BCUT2D eigenvalue weighted by Gasteiger charge is 2.14. The molecular weight excluding hydrogens is 306 g/mol. The summed E-state index contributed by atoms with van der Waals surface area (Å²) in [5.41, 5.74) is 0.440. The highest BCUT2D eigenvalue weighted by atomic mass is 35.5. The van der Waals surface area contributed by atoms with Crippen LogP contribution < -0.4 is 15.4 Å². The quantitative estimate of drug-likeness (QED) is 0.748. The molecule has 0 unspecified atom stereocenters. The normalized spacial score (nSPS) is 10.4. The van der Waals surface area contributed by atoms with Crippen LogP contribution in [0, 0.1) is 0 Å². The molecule has 7 heteroatoms. The van der Waals surface area contributed by atoms with E-state index in [9.17, 15) is 9.59 Å². The number of likely N-dealkylation sites (N-methyl/N-ethyl adjacent to an activating group) is 1. The van der Waals surface area contributed by atoms with Crippen LogP contribution in [-0.2, 0) is 9.59 Å². The van der Waals surface area contributed by atoms with Gasteiger partial charge in [-0.1, -0.05) is 25.4 Å². The van der Waals surface area contributed by atoms with E-state index in [1.165, 1.54) is 13.2 Å². The molecule has 6 nitrogen and oxygen atoms in total. The first kappa shape index (κ1) is 18.3. The Balaban J connectivity index is 2.47. The second-order valence-corrected chi connectivity index (χ2v) is 4.99. The van der Waals surface area contributed by atoms with Crippen LogP contribution in [0.5, 0.6) is 5.75 Å². The molecule has 0 fully saturated rings. The number of methoxy groups -OCH3 is 1. The van der Waals surface area contributed by atoms with Crippen molar-refractivity contribution < 1.29 is 14.3 Å². The van der Waals surface area contributed by atoms with Crippen LogP contribution in [0.15, 0.2) is 18.2 Å². The number of rotatable bonds is 7. The monoisotopic (exact) mass is 327 g/mol. The molecular formula is C15H22ClN3O3. The van der Waals surface area contributed by atoms with E-state index in [2.05, 4.69) is 15.5 Å². The summed E-state index contributed by atoms with van der Waals surface area (Å²) in [5.74, 6) is -0.886. The van der Waals surface area contributed by atoms with Gasteiger partial charge in [0, 0.05) is 18.8 Å². The van der Waals surface area contributed by atoms with Gasteiger partial charge in [0.05, 0.1) is 12.1 Å². The number of carbonyl (C=O) groups is 2.